The van der Waals surface area contributed by atoms with Crippen LogP contribution in [-0.4, -0.2) is 43.5 Å². The Hall–Kier alpha value is -0.900. The number of likely N-dealkylation sites (tertiary alicyclic amines) is 1. The van der Waals surface area contributed by atoms with Gasteiger partial charge in [-0.25, -0.2) is 0 Å². The number of halogens is 1. The van der Waals surface area contributed by atoms with Crippen LogP contribution < -0.4 is 0 Å². The Balaban J connectivity index is 2.00. The van der Waals surface area contributed by atoms with E-state index in [0.717, 1.165) is 31.7 Å². The van der Waals surface area contributed by atoms with E-state index in [0.29, 0.717) is 10.9 Å². The molecule has 1 fully saturated rings. The van der Waals surface area contributed by atoms with Crippen molar-refractivity contribution in [1.82, 2.24) is 4.90 Å². The number of ether oxygens (including phenoxy) is 1. The van der Waals surface area contributed by atoms with Gasteiger partial charge in [0.1, 0.15) is 0 Å². The maximum Gasteiger partial charge on any atom is 0.179 e. The monoisotopic (exact) mass is 295 g/mol. The number of hydrogen-bond acceptors (Lipinski definition) is 3. The molecule has 1 aromatic rings. The lowest BCUT2D eigenvalue weighted by atomic mass is 9.95. The zero-order chi connectivity index (χ0) is 14.5. The highest BCUT2D eigenvalue weighted by Crippen LogP contribution is 2.21. The van der Waals surface area contributed by atoms with Crippen LogP contribution in [0.4, 0.5) is 0 Å². The molecule has 0 N–H and O–H groups in total. The SMILES string of the molecule is COCC1CCCN(C(C)C(=O)c2ccc(Cl)cc2)C1. The Labute approximate surface area is 125 Å². The van der Waals surface area contributed by atoms with E-state index in [-0.39, 0.29) is 11.8 Å². The summed E-state index contributed by atoms with van der Waals surface area (Å²) >= 11 is 5.86. The van der Waals surface area contributed by atoms with Gasteiger partial charge in [0.2, 0.25) is 0 Å². The van der Waals surface area contributed by atoms with E-state index in [1.165, 1.54) is 6.42 Å². The molecule has 2 unspecified atom stereocenters. The first kappa shape index (κ1) is 15.5. The molecule has 4 heteroatoms. The molecule has 1 aliphatic rings. The first-order valence-electron chi connectivity index (χ1n) is 7.14. The summed E-state index contributed by atoms with van der Waals surface area (Å²) in [5.41, 5.74) is 0.732. The number of hydrogen-bond donors (Lipinski definition) is 0. The number of methoxy groups -OCH3 is 1. The third-order valence-corrected chi connectivity index (χ3v) is 4.26. The quantitative estimate of drug-likeness (QED) is 0.781. The number of carbonyl (C=O) groups excluding carboxylic acids is 1. The maximum atomic E-state index is 12.5. The zero-order valence-corrected chi connectivity index (χ0v) is 12.9. The van der Waals surface area contributed by atoms with Crippen LogP contribution in [0.3, 0.4) is 0 Å². The minimum Gasteiger partial charge on any atom is -0.384 e. The summed E-state index contributed by atoms with van der Waals surface area (Å²) in [7, 11) is 1.74. The maximum absolute atomic E-state index is 12.5. The molecule has 0 amide bonds. The predicted molar refractivity (Wildman–Crippen MR) is 81.4 cm³/mol. The molecule has 2 atom stereocenters. The lowest BCUT2D eigenvalue weighted by Crippen LogP contribution is -2.46. The molecule has 0 aromatic heterocycles. The van der Waals surface area contributed by atoms with E-state index in [1.807, 2.05) is 6.92 Å². The number of benzene rings is 1. The third kappa shape index (κ3) is 3.81. The molecule has 1 aliphatic heterocycles. The summed E-state index contributed by atoms with van der Waals surface area (Å²) in [6, 6.07) is 7.06. The number of nitrogens with zero attached hydrogens (tertiary/aromatic N) is 1. The molecule has 0 bridgehead atoms. The molecule has 110 valence electrons. The first-order chi connectivity index (χ1) is 9.61. The van der Waals surface area contributed by atoms with Crippen molar-refractivity contribution < 1.29 is 9.53 Å². The fraction of sp³-hybridized carbons (Fsp3) is 0.562. The normalized spacial score (nSPS) is 21.6. The van der Waals surface area contributed by atoms with Crippen LogP contribution in [0, 0.1) is 5.92 Å². The van der Waals surface area contributed by atoms with Crippen LogP contribution in [0.2, 0.25) is 5.02 Å². The van der Waals surface area contributed by atoms with Crippen LogP contribution in [-0.2, 0) is 4.74 Å². The lowest BCUT2D eigenvalue weighted by molar-refractivity contribution is 0.0595. The molecule has 2 rings (SSSR count). The van der Waals surface area contributed by atoms with E-state index in [9.17, 15) is 4.79 Å². The number of carbonyl (C=O) groups is 1. The molecular weight excluding hydrogens is 274 g/mol. The second-order valence-electron chi connectivity index (χ2n) is 5.51. The predicted octanol–water partition coefficient (Wildman–Crippen LogP) is 3.27. The Bertz CT molecular complexity index is 444. The van der Waals surface area contributed by atoms with Crippen LogP contribution in [0.5, 0.6) is 0 Å². The molecule has 20 heavy (non-hydrogen) atoms. The minimum atomic E-state index is -0.0872. The van der Waals surface area contributed by atoms with E-state index >= 15 is 0 Å². The molecule has 0 radical (unpaired) electrons. The van der Waals surface area contributed by atoms with Gasteiger partial charge < -0.3 is 4.74 Å². The van der Waals surface area contributed by atoms with E-state index < -0.39 is 0 Å². The van der Waals surface area contributed by atoms with E-state index in [2.05, 4.69) is 4.90 Å². The second kappa shape index (κ2) is 7.21. The van der Waals surface area contributed by atoms with Crippen molar-refractivity contribution in [2.24, 2.45) is 5.92 Å². The summed E-state index contributed by atoms with van der Waals surface area (Å²) < 4.78 is 5.24. The van der Waals surface area contributed by atoms with Crippen LogP contribution in [0.25, 0.3) is 0 Å². The first-order valence-corrected chi connectivity index (χ1v) is 7.52. The summed E-state index contributed by atoms with van der Waals surface area (Å²) in [5, 5.41) is 0.660. The average Bonchev–Trinajstić information content (AvgIpc) is 2.47. The summed E-state index contributed by atoms with van der Waals surface area (Å²) in [4.78, 5) is 14.8. The lowest BCUT2D eigenvalue weighted by Gasteiger charge is -2.35. The van der Waals surface area contributed by atoms with Crippen molar-refractivity contribution >= 4 is 17.4 Å². The Kier molecular flexibility index (Phi) is 5.58. The number of piperidine rings is 1. The minimum absolute atomic E-state index is 0.0872. The summed E-state index contributed by atoms with van der Waals surface area (Å²) in [6.07, 6.45) is 2.32. The standard InChI is InChI=1S/C16H22ClNO2/c1-12(16(19)14-5-7-15(17)8-6-14)18-9-3-4-13(10-18)11-20-2/h5-8,12-13H,3-4,9-11H2,1-2H3. The van der Waals surface area contributed by atoms with Gasteiger partial charge in [-0.15, -0.1) is 0 Å². The van der Waals surface area contributed by atoms with Gasteiger partial charge >= 0.3 is 0 Å². The van der Waals surface area contributed by atoms with Gasteiger partial charge in [-0.3, -0.25) is 9.69 Å². The van der Waals surface area contributed by atoms with E-state index in [1.54, 1.807) is 31.4 Å². The molecule has 0 saturated carbocycles. The average molecular weight is 296 g/mol. The third-order valence-electron chi connectivity index (χ3n) is 4.01. The van der Waals surface area contributed by atoms with Crippen molar-refractivity contribution in [3.05, 3.63) is 34.9 Å². The van der Waals surface area contributed by atoms with Crippen molar-refractivity contribution in [2.75, 3.05) is 26.8 Å². The Morgan fingerprint density at radius 3 is 2.80 bits per heavy atom. The Morgan fingerprint density at radius 2 is 2.15 bits per heavy atom. The fourth-order valence-electron chi connectivity index (χ4n) is 2.84. The zero-order valence-electron chi connectivity index (χ0n) is 12.1. The number of rotatable bonds is 5. The molecular formula is C16H22ClNO2. The van der Waals surface area contributed by atoms with Gasteiger partial charge in [-0.2, -0.15) is 0 Å². The van der Waals surface area contributed by atoms with E-state index in [4.69, 9.17) is 16.3 Å². The van der Waals surface area contributed by atoms with Crippen molar-refractivity contribution in [3.8, 4) is 0 Å². The van der Waals surface area contributed by atoms with Crippen molar-refractivity contribution in [2.45, 2.75) is 25.8 Å². The largest absolute Gasteiger partial charge is 0.384 e. The van der Waals surface area contributed by atoms with Crippen LogP contribution in [0.15, 0.2) is 24.3 Å². The van der Waals surface area contributed by atoms with Gasteiger partial charge in [0.25, 0.3) is 0 Å². The fourth-order valence-corrected chi connectivity index (χ4v) is 2.97. The van der Waals surface area contributed by atoms with Gasteiger partial charge in [-0.05, 0) is 56.5 Å². The highest BCUT2D eigenvalue weighted by Gasteiger charge is 2.27. The molecule has 3 nitrogen and oxygen atoms in total. The topological polar surface area (TPSA) is 29.5 Å². The molecule has 0 aliphatic carbocycles. The van der Waals surface area contributed by atoms with Gasteiger partial charge in [-0.1, -0.05) is 11.6 Å². The van der Waals surface area contributed by atoms with Crippen molar-refractivity contribution in [1.29, 1.82) is 0 Å². The highest BCUT2D eigenvalue weighted by atomic mass is 35.5. The van der Waals surface area contributed by atoms with Crippen LogP contribution >= 0.6 is 11.6 Å². The Morgan fingerprint density at radius 1 is 1.45 bits per heavy atom. The molecule has 1 heterocycles. The van der Waals surface area contributed by atoms with Gasteiger partial charge in [0.05, 0.1) is 12.6 Å². The summed E-state index contributed by atoms with van der Waals surface area (Å²) in [5.74, 6) is 0.703. The number of ketones is 1. The van der Waals surface area contributed by atoms with Crippen molar-refractivity contribution in [3.63, 3.8) is 0 Å². The number of Topliss-reactive ketones (excluding diaryl/α,β-unsaturated/α-hetero) is 1. The smallest absolute Gasteiger partial charge is 0.179 e. The highest BCUT2D eigenvalue weighted by molar-refractivity contribution is 6.30. The molecule has 1 aromatic carbocycles. The second-order valence-corrected chi connectivity index (χ2v) is 5.94. The molecule has 1 saturated heterocycles. The van der Waals surface area contributed by atoms with Gasteiger partial charge in [0, 0.05) is 24.2 Å². The van der Waals surface area contributed by atoms with Gasteiger partial charge in [0.15, 0.2) is 5.78 Å². The molecule has 0 spiro atoms. The van der Waals surface area contributed by atoms with Crippen LogP contribution in [0.1, 0.15) is 30.1 Å². The summed E-state index contributed by atoms with van der Waals surface area (Å²) in [6.45, 7) is 4.69.